The molecule has 2 rings (SSSR count). The molecule has 128 valence electrons. The molecule has 0 bridgehead atoms. The van der Waals surface area contributed by atoms with Crippen LogP contribution < -0.4 is 15.4 Å². The van der Waals surface area contributed by atoms with Gasteiger partial charge < -0.3 is 15.4 Å². The molecular formula is C15H20F3N3O2. The number of alkyl halides is 3. The number of halogens is 3. The van der Waals surface area contributed by atoms with Gasteiger partial charge in [0.25, 0.3) is 0 Å². The van der Waals surface area contributed by atoms with E-state index in [1.54, 1.807) is 0 Å². The Morgan fingerprint density at radius 1 is 1.30 bits per heavy atom. The molecule has 1 aliphatic rings. The fourth-order valence-electron chi connectivity index (χ4n) is 2.25. The number of carbonyl (C=O) groups excluding carboxylic acids is 1. The van der Waals surface area contributed by atoms with E-state index >= 15 is 0 Å². The minimum Gasteiger partial charge on any atom is -0.492 e. The van der Waals surface area contributed by atoms with Gasteiger partial charge in [0.15, 0.2) is 0 Å². The van der Waals surface area contributed by atoms with Gasteiger partial charge in [-0.2, -0.15) is 13.2 Å². The summed E-state index contributed by atoms with van der Waals surface area (Å²) in [6.45, 7) is 4.08. The first-order chi connectivity index (χ1) is 10.9. The second kappa shape index (κ2) is 8.16. The quantitative estimate of drug-likeness (QED) is 0.767. The smallest absolute Gasteiger partial charge is 0.416 e. The second-order valence-electron chi connectivity index (χ2n) is 5.25. The van der Waals surface area contributed by atoms with E-state index in [0.29, 0.717) is 6.54 Å². The number of rotatable bonds is 6. The summed E-state index contributed by atoms with van der Waals surface area (Å²) in [7, 11) is 0. The predicted octanol–water partition coefficient (Wildman–Crippen LogP) is 1.11. The van der Waals surface area contributed by atoms with Crippen molar-refractivity contribution < 1.29 is 22.7 Å². The zero-order valence-electron chi connectivity index (χ0n) is 12.7. The zero-order chi connectivity index (χ0) is 16.7. The number of hydrogen-bond donors (Lipinski definition) is 2. The minimum atomic E-state index is -4.39. The van der Waals surface area contributed by atoms with Crippen LogP contribution in [0.5, 0.6) is 5.75 Å². The lowest BCUT2D eigenvalue weighted by Crippen LogP contribution is -2.47. The van der Waals surface area contributed by atoms with E-state index in [0.717, 1.165) is 38.3 Å². The van der Waals surface area contributed by atoms with Crippen LogP contribution in [0.3, 0.4) is 0 Å². The van der Waals surface area contributed by atoms with Crippen molar-refractivity contribution in [3.8, 4) is 5.75 Å². The van der Waals surface area contributed by atoms with E-state index < -0.39 is 11.7 Å². The molecule has 1 aliphatic heterocycles. The van der Waals surface area contributed by atoms with Gasteiger partial charge in [-0.25, -0.2) is 0 Å². The number of ether oxygens (including phenoxy) is 1. The van der Waals surface area contributed by atoms with Crippen LogP contribution in [-0.4, -0.2) is 56.7 Å². The molecular weight excluding hydrogens is 311 g/mol. The molecule has 1 heterocycles. The molecule has 1 fully saturated rings. The predicted molar refractivity (Wildman–Crippen MR) is 79.3 cm³/mol. The van der Waals surface area contributed by atoms with E-state index in [1.807, 2.05) is 4.90 Å². The highest BCUT2D eigenvalue weighted by atomic mass is 19.4. The highest BCUT2D eigenvalue weighted by molar-refractivity contribution is 5.78. The molecule has 23 heavy (non-hydrogen) atoms. The summed E-state index contributed by atoms with van der Waals surface area (Å²) in [5.41, 5.74) is -0.752. The first-order valence-electron chi connectivity index (χ1n) is 7.45. The average Bonchev–Trinajstić information content (AvgIpc) is 2.52. The zero-order valence-corrected chi connectivity index (χ0v) is 12.7. The monoisotopic (exact) mass is 331 g/mol. The summed E-state index contributed by atoms with van der Waals surface area (Å²) in [5, 5.41) is 5.90. The van der Waals surface area contributed by atoms with E-state index in [9.17, 15) is 18.0 Å². The van der Waals surface area contributed by atoms with Gasteiger partial charge in [0, 0.05) is 26.2 Å². The van der Waals surface area contributed by atoms with Crippen LogP contribution in [0.2, 0.25) is 0 Å². The van der Waals surface area contributed by atoms with Gasteiger partial charge in [-0.3, -0.25) is 9.69 Å². The molecule has 1 aromatic rings. The molecule has 0 radical (unpaired) electrons. The molecule has 0 saturated carbocycles. The van der Waals surface area contributed by atoms with Crippen LogP contribution in [0.25, 0.3) is 0 Å². The van der Waals surface area contributed by atoms with E-state index in [2.05, 4.69) is 10.6 Å². The molecule has 5 nitrogen and oxygen atoms in total. The van der Waals surface area contributed by atoms with Crippen LogP contribution in [0.4, 0.5) is 13.2 Å². The third-order valence-corrected chi connectivity index (χ3v) is 3.43. The van der Waals surface area contributed by atoms with Crippen molar-refractivity contribution in [3.63, 3.8) is 0 Å². The van der Waals surface area contributed by atoms with Gasteiger partial charge in [0.2, 0.25) is 5.91 Å². The van der Waals surface area contributed by atoms with Crippen LogP contribution >= 0.6 is 0 Å². The Kier molecular flexibility index (Phi) is 6.23. The maximum Gasteiger partial charge on any atom is 0.416 e. The van der Waals surface area contributed by atoms with E-state index in [4.69, 9.17) is 4.74 Å². The molecule has 0 aromatic heterocycles. The summed E-state index contributed by atoms with van der Waals surface area (Å²) in [6, 6.07) is 4.68. The summed E-state index contributed by atoms with van der Waals surface area (Å²) in [4.78, 5) is 13.8. The molecule has 8 heteroatoms. The topological polar surface area (TPSA) is 53.6 Å². The first-order valence-corrected chi connectivity index (χ1v) is 7.45. The van der Waals surface area contributed by atoms with Crippen LogP contribution in [0.15, 0.2) is 24.3 Å². The molecule has 1 saturated heterocycles. The lowest BCUT2D eigenvalue weighted by atomic mass is 10.2. The number of nitrogens with zero attached hydrogens (tertiary/aromatic N) is 1. The van der Waals surface area contributed by atoms with Crippen LogP contribution in [0.1, 0.15) is 5.56 Å². The van der Waals surface area contributed by atoms with Gasteiger partial charge in [0.1, 0.15) is 12.4 Å². The maximum absolute atomic E-state index is 12.6. The van der Waals surface area contributed by atoms with Gasteiger partial charge >= 0.3 is 6.18 Å². The van der Waals surface area contributed by atoms with Crippen molar-refractivity contribution in [2.24, 2.45) is 0 Å². The lowest BCUT2D eigenvalue weighted by molar-refractivity contribution is -0.137. The standard InChI is InChI=1S/C15H20F3N3O2/c16-15(17,18)12-2-1-3-13(10-12)23-9-6-20-14(22)11-21-7-4-19-5-8-21/h1-3,10,19H,4-9,11H2,(H,20,22). The molecule has 0 spiro atoms. The SMILES string of the molecule is O=C(CN1CCNCC1)NCCOc1cccc(C(F)(F)F)c1. The minimum absolute atomic E-state index is 0.112. The molecule has 1 amide bonds. The van der Waals surface area contributed by atoms with Gasteiger partial charge in [-0.15, -0.1) is 0 Å². The highest BCUT2D eigenvalue weighted by Gasteiger charge is 2.30. The Balaban J connectivity index is 1.68. The third kappa shape index (κ3) is 6.07. The van der Waals surface area contributed by atoms with Gasteiger partial charge in [-0.1, -0.05) is 6.07 Å². The Morgan fingerprint density at radius 3 is 2.74 bits per heavy atom. The summed E-state index contributed by atoms with van der Waals surface area (Å²) >= 11 is 0. The summed E-state index contributed by atoms with van der Waals surface area (Å²) in [5.74, 6) is 0.0238. The van der Waals surface area contributed by atoms with E-state index in [-0.39, 0.29) is 24.8 Å². The van der Waals surface area contributed by atoms with Gasteiger partial charge in [0.05, 0.1) is 18.7 Å². The number of carbonyl (C=O) groups is 1. The number of nitrogens with one attached hydrogen (secondary N) is 2. The Labute approximate surface area is 132 Å². The van der Waals surface area contributed by atoms with Gasteiger partial charge in [-0.05, 0) is 18.2 Å². The summed E-state index contributed by atoms with van der Waals surface area (Å²) in [6.07, 6.45) is -4.39. The maximum atomic E-state index is 12.6. The molecule has 0 aliphatic carbocycles. The Bertz CT molecular complexity index is 517. The van der Waals surface area contributed by atoms with Crippen LogP contribution in [-0.2, 0) is 11.0 Å². The van der Waals surface area contributed by atoms with Crippen molar-refractivity contribution >= 4 is 5.91 Å². The number of piperazine rings is 1. The van der Waals surface area contributed by atoms with Crippen molar-refractivity contribution in [2.45, 2.75) is 6.18 Å². The fraction of sp³-hybridized carbons (Fsp3) is 0.533. The molecule has 1 aromatic carbocycles. The second-order valence-corrected chi connectivity index (χ2v) is 5.25. The summed E-state index contributed by atoms with van der Waals surface area (Å²) < 4.78 is 42.9. The largest absolute Gasteiger partial charge is 0.492 e. The van der Waals surface area contributed by atoms with Crippen molar-refractivity contribution in [1.82, 2.24) is 15.5 Å². The molecule has 2 N–H and O–H groups in total. The first kappa shape index (κ1) is 17.6. The third-order valence-electron chi connectivity index (χ3n) is 3.43. The molecule has 0 unspecified atom stereocenters. The van der Waals surface area contributed by atoms with Crippen LogP contribution in [0, 0.1) is 0 Å². The van der Waals surface area contributed by atoms with Crippen molar-refractivity contribution in [1.29, 1.82) is 0 Å². The van der Waals surface area contributed by atoms with Crippen molar-refractivity contribution in [3.05, 3.63) is 29.8 Å². The lowest BCUT2D eigenvalue weighted by Gasteiger charge is -2.26. The highest BCUT2D eigenvalue weighted by Crippen LogP contribution is 2.31. The van der Waals surface area contributed by atoms with Crippen molar-refractivity contribution in [2.75, 3.05) is 45.9 Å². The number of amides is 1. The number of hydrogen-bond acceptors (Lipinski definition) is 4. The average molecular weight is 331 g/mol. The Hall–Kier alpha value is -1.80. The molecule has 0 atom stereocenters. The van der Waals surface area contributed by atoms with E-state index in [1.165, 1.54) is 12.1 Å². The Morgan fingerprint density at radius 2 is 2.04 bits per heavy atom. The normalized spacial score (nSPS) is 16.1. The number of benzene rings is 1. The fourth-order valence-corrected chi connectivity index (χ4v) is 2.25.